The van der Waals surface area contributed by atoms with Crippen LogP contribution in [0, 0.1) is 11.3 Å². The van der Waals surface area contributed by atoms with Crippen LogP contribution in [0.4, 0.5) is 0 Å². The summed E-state index contributed by atoms with van der Waals surface area (Å²) < 4.78 is 0. The van der Waals surface area contributed by atoms with Crippen LogP contribution in [-0.4, -0.2) is 21.4 Å². The topological polar surface area (TPSA) is 77.7 Å². The summed E-state index contributed by atoms with van der Waals surface area (Å²) in [5, 5.41) is 16.1. The van der Waals surface area contributed by atoms with Crippen molar-refractivity contribution in [3.8, 4) is 17.5 Å². The van der Waals surface area contributed by atoms with E-state index in [4.69, 9.17) is 5.26 Å². The zero-order valence-electron chi connectivity index (χ0n) is 11.0. The summed E-state index contributed by atoms with van der Waals surface area (Å²) >= 11 is 0. The van der Waals surface area contributed by atoms with Gasteiger partial charge in [-0.25, -0.2) is 4.98 Å². The first-order chi connectivity index (χ1) is 9.76. The average molecular weight is 263 g/mol. The van der Waals surface area contributed by atoms with E-state index in [0.717, 1.165) is 23.5 Å². The highest BCUT2D eigenvalue weighted by Gasteiger charge is 2.16. The summed E-state index contributed by atoms with van der Waals surface area (Å²) in [6.45, 7) is 1.98. The van der Waals surface area contributed by atoms with Crippen molar-refractivity contribution >= 4 is 6.21 Å². The molecule has 0 saturated heterocycles. The minimum Gasteiger partial charge on any atom is -0.266 e. The van der Waals surface area contributed by atoms with E-state index in [0.29, 0.717) is 11.4 Å². The third kappa shape index (κ3) is 2.36. The number of aromatic amines is 1. The summed E-state index contributed by atoms with van der Waals surface area (Å²) in [7, 11) is 0. The summed E-state index contributed by atoms with van der Waals surface area (Å²) in [6.07, 6.45) is 4.86. The number of nitriles is 1. The van der Waals surface area contributed by atoms with Crippen molar-refractivity contribution in [1.29, 1.82) is 5.26 Å². The molecule has 1 aliphatic rings. The minimum atomic E-state index is 0.138. The molecule has 5 nitrogen and oxygen atoms in total. The minimum absolute atomic E-state index is 0.138. The van der Waals surface area contributed by atoms with E-state index in [-0.39, 0.29) is 5.92 Å². The predicted molar refractivity (Wildman–Crippen MR) is 76.1 cm³/mol. The van der Waals surface area contributed by atoms with Gasteiger partial charge in [0.2, 0.25) is 0 Å². The van der Waals surface area contributed by atoms with Crippen LogP contribution in [0.5, 0.6) is 0 Å². The molecule has 1 aromatic carbocycles. The normalized spacial score (nSPS) is 17.6. The molecule has 1 atom stereocenters. The number of H-pyrrole nitrogens is 1. The Balaban J connectivity index is 1.87. The van der Waals surface area contributed by atoms with Gasteiger partial charge in [0.25, 0.3) is 0 Å². The fourth-order valence-electron chi connectivity index (χ4n) is 2.10. The van der Waals surface area contributed by atoms with E-state index < -0.39 is 0 Å². The molecule has 0 aliphatic carbocycles. The number of hydrogen-bond acceptors (Lipinski definition) is 4. The highest BCUT2D eigenvalue weighted by molar-refractivity contribution is 5.69. The molecule has 0 bridgehead atoms. The predicted octanol–water partition coefficient (Wildman–Crippen LogP) is 2.81. The van der Waals surface area contributed by atoms with E-state index in [1.54, 1.807) is 12.1 Å². The molecule has 1 aromatic heterocycles. The van der Waals surface area contributed by atoms with Crippen molar-refractivity contribution in [3.63, 3.8) is 0 Å². The Morgan fingerprint density at radius 3 is 3.05 bits per heavy atom. The van der Waals surface area contributed by atoms with Crippen LogP contribution in [0.25, 0.3) is 11.4 Å². The molecule has 0 radical (unpaired) electrons. The number of hydrogen-bond donors (Lipinski definition) is 1. The highest BCUT2D eigenvalue weighted by atomic mass is 15.2. The number of aliphatic imine (C=N–C) groups is 1. The Kier molecular flexibility index (Phi) is 3.13. The van der Waals surface area contributed by atoms with Crippen molar-refractivity contribution in [2.75, 3.05) is 0 Å². The third-order valence-corrected chi connectivity index (χ3v) is 3.23. The first-order valence-electron chi connectivity index (χ1n) is 6.40. The van der Waals surface area contributed by atoms with Gasteiger partial charge in [-0.05, 0) is 25.5 Å². The summed E-state index contributed by atoms with van der Waals surface area (Å²) in [5.41, 5.74) is 2.47. The van der Waals surface area contributed by atoms with Gasteiger partial charge in [0.15, 0.2) is 5.82 Å². The second-order valence-electron chi connectivity index (χ2n) is 4.70. The van der Waals surface area contributed by atoms with Gasteiger partial charge in [0, 0.05) is 17.5 Å². The van der Waals surface area contributed by atoms with Crippen LogP contribution in [0.1, 0.15) is 30.7 Å². The van der Waals surface area contributed by atoms with Crippen LogP contribution in [0.2, 0.25) is 0 Å². The fourth-order valence-corrected chi connectivity index (χ4v) is 2.10. The van der Waals surface area contributed by atoms with Crippen LogP contribution in [-0.2, 0) is 0 Å². The lowest BCUT2D eigenvalue weighted by atomic mass is 10.0. The molecule has 0 amide bonds. The molecule has 1 aliphatic heterocycles. The summed E-state index contributed by atoms with van der Waals surface area (Å²) in [5.74, 6) is 1.55. The standard InChI is InChI=1S/C15H13N5/c1-10-5-6-13(9-17-10)15-18-14(19-20-15)12-4-2-3-11(7-12)8-16/h2-5,7,9,13H,6H2,1H3,(H,18,19,20). The van der Waals surface area contributed by atoms with Gasteiger partial charge in [0.1, 0.15) is 5.82 Å². The molecule has 98 valence electrons. The lowest BCUT2D eigenvalue weighted by Crippen LogP contribution is -2.05. The second kappa shape index (κ2) is 5.10. The van der Waals surface area contributed by atoms with E-state index in [9.17, 15) is 0 Å². The molecule has 0 fully saturated rings. The van der Waals surface area contributed by atoms with Gasteiger partial charge in [0.05, 0.1) is 17.6 Å². The monoisotopic (exact) mass is 263 g/mol. The van der Waals surface area contributed by atoms with Crippen LogP contribution >= 0.6 is 0 Å². The maximum atomic E-state index is 8.92. The van der Waals surface area contributed by atoms with Crippen molar-refractivity contribution in [3.05, 3.63) is 47.4 Å². The maximum absolute atomic E-state index is 8.92. The summed E-state index contributed by atoms with van der Waals surface area (Å²) in [6, 6.07) is 9.39. The Morgan fingerprint density at radius 1 is 1.40 bits per heavy atom. The molecule has 0 saturated carbocycles. The zero-order valence-corrected chi connectivity index (χ0v) is 11.0. The lowest BCUT2D eigenvalue weighted by molar-refractivity contribution is 0.814. The quantitative estimate of drug-likeness (QED) is 0.904. The Morgan fingerprint density at radius 2 is 2.30 bits per heavy atom. The Labute approximate surface area is 116 Å². The second-order valence-corrected chi connectivity index (χ2v) is 4.70. The van der Waals surface area contributed by atoms with Crippen molar-refractivity contribution < 1.29 is 0 Å². The molecule has 20 heavy (non-hydrogen) atoms. The van der Waals surface area contributed by atoms with E-state index in [2.05, 4.69) is 32.3 Å². The largest absolute Gasteiger partial charge is 0.266 e. The highest BCUT2D eigenvalue weighted by Crippen LogP contribution is 2.23. The molecule has 1 N–H and O–H groups in total. The van der Waals surface area contributed by atoms with Gasteiger partial charge in [-0.2, -0.15) is 10.4 Å². The fraction of sp³-hybridized carbons (Fsp3) is 0.200. The average Bonchev–Trinajstić information content (AvgIpc) is 2.98. The van der Waals surface area contributed by atoms with Gasteiger partial charge < -0.3 is 0 Å². The smallest absolute Gasteiger partial charge is 0.181 e. The first-order valence-corrected chi connectivity index (χ1v) is 6.40. The molecule has 3 rings (SSSR count). The molecule has 0 spiro atoms. The van der Waals surface area contributed by atoms with Crippen molar-refractivity contribution in [2.24, 2.45) is 4.99 Å². The zero-order chi connectivity index (χ0) is 13.9. The number of aromatic nitrogens is 3. The molecular formula is C15H13N5. The molecule has 1 unspecified atom stereocenters. The molecule has 2 aromatic rings. The van der Waals surface area contributed by atoms with Gasteiger partial charge in [-0.15, -0.1) is 0 Å². The van der Waals surface area contributed by atoms with E-state index >= 15 is 0 Å². The molecule has 5 heteroatoms. The third-order valence-electron chi connectivity index (χ3n) is 3.23. The number of rotatable bonds is 2. The van der Waals surface area contributed by atoms with E-state index in [1.165, 1.54) is 0 Å². The molecule has 2 heterocycles. The molecular weight excluding hydrogens is 250 g/mol. The number of nitrogens with one attached hydrogen (secondary N) is 1. The number of benzene rings is 1. The van der Waals surface area contributed by atoms with Crippen LogP contribution in [0.3, 0.4) is 0 Å². The maximum Gasteiger partial charge on any atom is 0.181 e. The SMILES string of the molecule is CC1=CCC(c2nc(-c3cccc(C#N)c3)n[nH]2)C=N1. The van der Waals surface area contributed by atoms with Gasteiger partial charge in [-0.3, -0.25) is 10.1 Å². The van der Waals surface area contributed by atoms with Gasteiger partial charge in [-0.1, -0.05) is 18.2 Å². The lowest BCUT2D eigenvalue weighted by Gasteiger charge is -2.10. The summed E-state index contributed by atoms with van der Waals surface area (Å²) in [4.78, 5) is 8.81. The van der Waals surface area contributed by atoms with Gasteiger partial charge >= 0.3 is 0 Å². The number of nitrogens with zero attached hydrogens (tertiary/aromatic N) is 4. The van der Waals surface area contributed by atoms with Crippen LogP contribution in [0.15, 0.2) is 41.0 Å². The van der Waals surface area contributed by atoms with Crippen LogP contribution < -0.4 is 0 Å². The Bertz CT molecular complexity index is 733. The van der Waals surface area contributed by atoms with Crippen molar-refractivity contribution in [1.82, 2.24) is 15.2 Å². The van der Waals surface area contributed by atoms with Crippen molar-refractivity contribution in [2.45, 2.75) is 19.3 Å². The number of allylic oxidation sites excluding steroid dienone is 2. The van der Waals surface area contributed by atoms with E-state index in [1.807, 2.05) is 25.3 Å². The first kappa shape index (κ1) is 12.3. The Hall–Kier alpha value is -2.74.